The molecular formula is C12H10F4N2S2. The second-order valence-corrected chi connectivity index (χ2v) is 5.59. The van der Waals surface area contributed by atoms with Crippen LogP contribution in [-0.2, 0) is 0 Å². The van der Waals surface area contributed by atoms with Crippen LogP contribution in [0.1, 0.15) is 5.56 Å². The maximum atomic E-state index is 13.9. The summed E-state index contributed by atoms with van der Waals surface area (Å²) in [6, 6.07) is 4.16. The Labute approximate surface area is 121 Å². The van der Waals surface area contributed by atoms with E-state index in [1.54, 1.807) is 13.0 Å². The zero-order chi connectivity index (χ0) is 14.9. The number of alkyl halides is 3. The van der Waals surface area contributed by atoms with Crippen LogP contribution in [0.4, 0.5) is 17.6 Å². The average molecular weight is 322 g/mol. The van der Waals surface area contributed by atoms with E-state index < -0.39 is 17.7 Å². The van der Waals surface area contributed by atoms with E-state index in [-0.39, 0.29) is 5.69 Å². The molecule has 2 aromatic rings. The largest absolute Gasteiger partial charge is 0.398 e. The average Bonchev–Trinajstić information content (AvgIpc) is 2.73. The van der Waals surface area contributed by atoms with Crippen LogP contribution in [0.3, 0.4) is 0 Å². The number of H-pyrrole nitrogens is 1. The molecule has 1 aromatic heterocycles. The monoisotopic (exact) mass is 322 g/mol. The van der Waals surface area contributed by atoms with Gasteiger partial charge >= 0.3 is 6.18 Å². The highest BCUT2D eigenvalue weighted by Crippen LogP contribution is 2.31. The molecular weight excluding hydrogens is 312 g/mol. The van der Waals surface area contributed by atoms with Gasteiger partial charge in [-0.3, -0.25) is 9.78 Å². The fourth-order valence-corrected chi connectivity index (χ4v) is 2.58. The standard InChI is InChI=1S/C12H10F4N2S2/c1-7-4-8(13)9(18-3-2-11(19)17-18)5-10(7)20-6-12(14,15)16/h2-5H,6H2,1H3,(H,17,19). The number of hydrogen-bond acceptors (Lipinski definition) is 2. The highest BCUT2D eigenvalue weighted by Gasteiger charge is 2.27. The van der Waals surface area contributed by atoms with Gasteiger partial charge in [0, 0.05) is 11.1 Å². The topological polar surface area (TPSA) is 20.7 Å². The van der Waals surface area contributed by atoms with E-state index in [0.29, 0.717) is 26.9 Å². The molecule has 0 bridgehead atoms. The van der Waals surface area contributed by atoms with Crippen molar-refractivity contribution in [2.75, 3.05) is 5.75 Å². The van der Waals surface area contributed by atoms with E-state index in [4.69, 9.17) is 12.2 Å². The second-order valence-electron chi connectivity index (χ2n) is 4.13. The van der Waals surface area contributed by atoms with Gasteiger partial charge in [-0.1, -0.05) is 12.2 Å². The van der Waals surface area contributed by atoms with Crippen LogP contribution in [0.15, 0.2) is 29.3 Å². The zero-order valence-electron chi connectivity index (χ0n) is 10.3. The van der Waals surface area contributed by atoms with Crippen LogP contribution in [0.5, 0.6) is 0 Å². The Balaban J connectivity index is 2.37. The van der Waals surface area contributed by atoms with Crippen LogP contribution in [0.2, 0.25) is 0 Å². The molecule has 2 rings (SSSR count). The van der Waals surface area contributed by atoms with Crippen molar-refractivity contribution >= 4 is 24.0 Å². The molecule has 1 heterocycles. The molecule has 0 saturated carbocycles. The molecule has 0 spiro atoms. The summed E-state index contributed by atoms with van der Waals surface area (Å²) in [5.74, 6) is -1.54. The first kappa shape index (κ1) is 15.1. The molecule has 2 nitrogen and oxygen atoms in total. The number of thioether (sulfide) groups is 1. The lowest BCUT2D eigenvalue weighted by Gasteiger charge is -2.12. The van der Waals surface area contributed by atoms with Crippen molar-refractivity contribution in [3.63, 3.8) is 0 Å². The zero-order valence-corrected chi connectivity index (χ0v) is 11.9. The number of halogens is 4. The normalized spacial score (nSPS) is 11.8. The summed E-state index contributed by atoms with van der Waals surface area (Å²) in [6.07, 6.45) is -2.74. The van der Waals surface area contributed by atoms with E-state index >= 15 is 0 Å². The highest BCUT2D eigenvalue weighted by molar-refractivity contribution is 7.99. The minimum Gasteiger partial charge on any atom is -0.284 e. The minimum atomic E-state index is -4.26. The fourth-order valence-electron chi connectivity index (χ4n) is 1.62. The number of benzene rings is 1. The third kappa shape index (κ3) is 3.63. The van der Waals surface area contributed by atoms with E-state index in [1.165, 1.54) is 23.0 Å². The summed E-state index contributed by atoms with van der Waals surface area (Å²) in [5, 5.41) is 2.71. The Kier molecular flexibility index (Phi) is 4.24. The van der Waals surface area contributed by atoms with Gasteiger partial charge in [0.05, 0.1) is 11.4 Å². The predicted molar refractivity (Wildman–Crippen MR) is 72.4 cm³/mol. The third-order valence-corrected chi connectivity index (χ3v) is 3.95. The van der Waals surface area contributed by atoms with Gasteiger partial charge in [0.25, 0.3) is 0 Å². The lowest BCUT2D eigenvalue weighted by atomic mass is 10.2. The van der Waals surface area contributed by atoms with Gasteiger partial charge in [-0.25, -0.2) is 4.39 Å². The van der Waals surface area contributed by atoms with Crippen molar-refractivity contribution in [1.82, 2.24) is 9.78 Å². The summed E-state index contributed by atoms with van der Waals surface area (Å²) in [4.78, 5) is 0.381. The second kappa shape index (κ2) is 5.61. The highest BCUT2D eigenvalue weighted by atomic mass is 32.2. The lowest BCUT2D eigenvalue weighted by molar-refractivity contribution is -0.105. The van der Waals surface area contributed by atoms with Crippen molar-refractivity contribution in [2.24, 2.45) is 0 Å². The first-order chi connectivity index (χ1) is 9.26. The van der Waals surface area contributed by atoms with E-state index in [9.17, 15) is 17.6 Å². The Bertz CT molecular complexity index is 673. The molecule has 0 unspecified atom stereocenters. The van der Waals surface area contributed by atoms with Crippen LogP contribution >= 0.6 is 24.0 Å². The third-order valence-electron chi connectivity index (χ3n) is 2.50. The molecule has 1 N–H and O–H groups in total. The molecule has 0 amide bonds. The number of nitrogens with zero attached hydrogens (tertiary/aromatic N) is 1. The maximum absolute atomic E-state index is 13.9. The minimum absolute atomic E-state index is 0.136. The molecule has 0 radical (unpaired) electrons. The number of rotatable bonds is 3. The molecule has 108 valence electrons. The first-order valence-corrected chi connectivity index (χ1v) is 6.93. The Morgan fingerprint density at radius 2 is 2.05 bits per heavy atom. The Hall–Kier alpha value is -1.28. The van der Waals surface area contributed by atoms with Crippen LogP contribution in [0, 0.1) is 17.4 Å². The number of nitrogens with one attached hydrogen (secondary N) is 1. The van der Waals surface area contributed by atoms with Gasteiger partial charge in [0.15, 0.2) is 0 Å². The van der Waals surface area contributed by atoms with Crippen molar-refractivity contribution in [2.45, 2.75) is 18.0 Å². The number of aromatic nitrogens is 2. The smallest absolute Gasteiger partial charge is 0.284 e. The first-order valence-electron chi connectivity index (χ1n) is 5.54. The van der Waals surface area contributed by atoms with E-state index in [1.807, 2.05) is 0 Å². The quantitative estimate of drug-likeness (QED) is 0.505. The van der Waals surface area contributed by atoms with E-state index in [2.05, 4.69) is 5.10 Å². The maximum Gasteiger partial charge on any atom is 0.398 e. The number of aromatic amines is 1. The molecule has 1 aromatic carbocycles. The van der Waals surface area contributed by atoms with E-state index in [0.717, 1.165) is 0 Å². The lowest BCUT2D eigenvalue weighted by Crippen LogP contribution is -2.11. The van der Waals surface area contributed by atoms with Crippen LogP contribution < -0.4 is 0 Å². The summed E-state index contributed by atoms with van der Waals surface area (Å²) in [5.41, 5.74) is 0.600. The molecule has 0 aliphatic carbocycles. The van der Waals surface area contributed by atoms with Gasteiger partial charge in [0.2, 0.25) is 0 Å². The van der Waals surface area contributed by atoms with Gasteiger partial charge in [-0.05, 0) is 30.7 Å². The summed E-state index contributed by atoms with van der Waals surface area (Å²) >= 11 is 5.52. The number of hydrogen-bond donors (Lipinski definition) is 1. The van der Waals surface area contributed by atoms with Gasteiger partial charge in [-0.2, -0.15) is 13.2 Å². The Morgan fingerprint density at radius 3 is 2.60 bits per heavy atom. The summed E-state index contributed by atoms with van der Waals surface area (Å²) in [7, 11) is 0. The van der Waals surface area contributed by atoms with Gasteiger partial charge < -0.3 is 0 Å². The van der Waals surface area contributed by atoms with Crippen LogP contribution in [0.25, 0.3) is 5.69 Å². The predicted octanol–water partition coefficient (Wildman–Crippen LogP) is 4.64. The molecule has 0 aliphatic rings. The summed E-state index contributed by atoms with van der Waals surface area (Å²) < 4.78 is 52.4. The molecule has 0 saturated heterocycles. The van der Waals surface area contributed by atoms with Gasteiger partial charge in [-0.15, -0.1) is 11.8 Å². The molecule has 0 fully saturated rings. The molecule has 0 atom stereocenters. The fraction of sp³-hybridized carbons (Fsp3) is 0.250. The van der Waals surface area contributed by atoms with Gasteiger partial charge in [0.1, 0.15) is 10.5 Å². The molecule has 20 heavy (non-hydrogen) atoms. The summed E-state index contributed by atoms with van der Waals surface area (Å²) in [6.45, 7) is 1.57. The Morgan fingerprint density at radius 1 is 1.35 bits per heavy atom. The van der Waals surface area contributed by atoms with Crippen molar-refractivity contribution in [1.29, 1.82) is 0 Å². The number of aryl methyl sites for hydroxylation is 1. The van der Waals surface area contributed by atoms with Crippen molar-refractivity contribution in [3.05, 3.63) is 40.4 Å². The molecule has 0 aliphatic heterocycles. The van der Waals surface area contributed by atoms with Crippen LogP contribution in [-0.4, -0.2) is 21.7 Å². The van der Waals surface area contributed by atoms with Crippen molar-refractivity contribution in [3.8, 4) is 5.69 Å². The van der Waals surface area contributed by atoms with Crippen molar-refractivity contribution < 1.29 is 17.6 Å². The molecule has 8 heteroatoms. The SMILES string of the molecule is Cc1cc(F)c(-n2ccc(=S)[nH]2)cc1SCC(F)(F)F.